The van der Waals surface area contributed by atoms with Gasteiger partial charge in [0.2, 0.25) is 0 Å². The number of carbonyl (C=O) groups is 1. The van der Waals surface area contributed by atoms with Crippen LogP contribution in [0.5, 0.6) is 0 Å². The number of hydrogen-bond acceptors (Lipinski definition) is 4. The van der Waals surface area contributed by atoms with Gasteiger partial charge in [0.1, 0.15) is 0 Å². The van der Waals surface area contributed by atoms with E-state index in [9.17, 15) is 22.8 Å². The predicted molar refractivity (Wildman–Crippen MR) is 118 cm³/mol. The zero-order chi connectivity index (χ0) is 23.4. The Morgan fingerprint density at radius 2 is 1.67 bits per heavy atom. The fourth-order valence-corrected chi connectivity index (χ4v) is 3.28. The number of nitrogens with one attached hydrogen (secondary N) is 1. The molecule has 0 fully saturated rings. The lowest BCUT2D eigenvalue weighted by atomic mass is 10.1. The lowest BCUT2D eigenvalue weighted by molar-refractivity contribution is -0.137. The highest BCUT2D eigenvalue weighted by atomic mass is 19.4. The number of aromatic nitrogens is 2. The molecule has 33 heavy (non-hydrogen) atoms. The highest BCUT2D eigenvalue weighted by molar-refractivity contribution is 6.05. The summed E-state index contributed by atoms with van der Waals surface area (Å²) in [6, 6.07) is 20.3. The SMILES string of the molecule is O=C(NN=Cc1cccc(C(F)(F)F)c1)c1nn(Cc2ccccc2)c(=O)c2ccccc12. The van der Waals surface area contributed by atoms with Crippen LogP contribution in [0.2, 0.25) is 0 Å². The summed E-state index contributed by atoms with van der Waals surface area (Å²) in [4.78, 5) is 25.7. The van der Waals surface area contributed by atoms with Crippen LogP contribution in [0, 0.1) is 0 Å². The predicted octanol–water partition coefficient (Wildman–Crippen LogP) is 4.23. The fraction of sp³-hybridized carbons (Fsp3) is 0.0833. The minimum Gasteiger partial charge on any atom is -0.267 e. The van der Waals surface area contributed by atoms with E-state index in [4.69, 9.17) is 0 Å². The van der Waals surface area contributed by atoms with E-state index < -0.39 is 17.6 Å². The normalized spacial score (nSPS) is 11.7. The molecule has 3 aromatic carbocycles. The number of nitrogens with zero attached hydrogens (tertiary/aromatic N) is 3. The van der Waals surface area contributed by atoms with E-state index in [2.05, 4.69) is 15.6 Å². The van der Waals surface area contributed by atoms with Gasteiger partial charge in [-0.1, -0.05) is 60.7 Å². The first-order chi connectivity index (χ1) is 15.8. The van der Waals surface area contributed by atoms with E-state index in [0.29, 0.717) is 10.8 Å². The zero-order valence-electron chi connectivity index (χ0n) is 17.1. The molecule has 0 aliphatic carbocycles. The van der Waals surface area contributed by atoms with E-state index in [1.807, 2.05) is 30.3 Å². The largest absolute Gasteiger partial charge is 0.416 e. The Labute approximate surface area is 186 Å². The molecular formula is C24H17F3N4O2. The molecule has 166 valence electrons. The lowest BCUT2D eigenvalue weighted by Crippen LogP contribution is -2.29. The number of carbonyl (C=O) groups excluding carboxylic acids is 1. The van der Waals surface area contributed by atoms with Crippen LogP contribution in [0.25, 0.3) is 10.8 Å². The minimum absolute atomic E-state index is 0.0256. The van der Waals surface area contributed by atoms with Gasteiger partial charge in [0.25, 0.3) is 11.5 Å². The highest BCUT2D eigenvalue weighted by Crippen LogP contribution is 2.29. The molecule has 0 radical (unpaired) electrons. The van der Waals surface area contributed by atoms with E-state index in [1.165, 1.54) is 16.8 Å². The molecular weight excluding hydrogens is 433 g/mol. The Morgan fingerprint density at radius 1 is 0.970 bits per heavy atom. The van der Waals surface area contributed by atoms with Gasteiger partial charge in [-0.05, 0) is 29.3 Å². The average Bonchev–Trinajstić information content (AvgIpc) is 2.81. The van der Waals surface area contributed by atoms with Crippen molar-refractivity contribution in [3.8, 4) is 0 Å². The Balaban J connectivity index is 1.63. The van der Waals surface area contributed by atoms with Crippen LogP contribution in [0.4, 0.5) is 13.2 Å². The van der Waals surface area contributed by atoms with E-state index in [-0.39, 0.29) is 23.4 Å². The molecule has 0 atom stereocenters. The molecule has 1 N–H and O–H groups in total. The molecule has 6 nitrogen and oxygen atoms in total. The number of hydrogen-bond donors (Lipinski definition) is 1. The summed E-state index contributed by atoms with van der Waals surface area (Å²) in [5.41, 5.74) is 2.08. The molecule has 0 aliphatic heterocycles. The molecule has 4 rings (SSSR count). The van der Waals surface area contributed by atoms with Crippen LogP contribution in [0.15, 0.2) is 88.8 Å². The first-order valence-corrected chi connectivity index (χ1v) is 9.87. The van der Waals surface area contributed by atoms with Crippen LogP contribution in [0.3, 0.4) is 0 Å². The van der Waals surface area contributed by atoms with E-state index >= 15 is 0 Å². The second-order valence-electron chi connectivity index (χ2n) is 7.16. The number of alkyl halides is 3. The van der Waals surface area contributed by atoms with Gasteiger partial charge >= 0.3 is 6.18 Å². The number of fused-ring (bicyclic) bond motifs is 1. The van der Waals surface area contributed by atoms with Gasteiger partial charge in [-0.3, -0.25) is 9.59 Å². The number of halogens is 3. The third-order valence-electron chi connectivity index (χ3n) is 4.85. The molecule has 0 spiro atoms. The summed E-state index contributed by atoms with van der Waals surface area (Å²) >= 11 is 0. The van der Waals surface area contributed by atoms with Gasteiger partial charge in [0, 0.05) is 5.39 Å². The molecule has 0 saturated carbocycles. The Hall–Kier alpha value is -4.27. The Morgan fingerprint density at radius 3 is 2.39 bits per heavy atom. The maximum absolute atomic E-state index is 12.9. The second-order valence-corrected chi connectivity index (χ2v) is 7.16. The smallest absolute Gasteiger partial charge is 0.267 e. The van der Waals surface area contributed by atoms with Gasteiger partial charge in [0.15, 0.2) is 5.69 Å². The molecule has 4 aromatic rings. The topological polar surface area (TPSA) is 76.3 Å². The van der Waals surface area contributed by atoms with Gasteiger partial charge in [-0.25, -0.2) is 10.1 Å². The van der Waals surface area contributed by atoms with Crippen molar-refractivity contribution in [2.75, 3.05) is 0 Å². The van der Waals surface area contributed by atoms with Crippen molar-refractivity contribution in [1.82, 2.24) is 15.2 Å². The van der Waals surface area contributed by atoms with E-state index in [0.717, 1.165) is 23.9 Å². The third-order valence-corrected chi connectivity index (χ3v) is 4.85. The lowest BCUT2D eigenvalue weighted by Gasteiger charge is -2.10. The third kappa shape index (κ3) is 4.98. The fourth-order valence-electron chi connectivity index (χ4n) is 3.28. The molecule has 1 heterocycles. The van der Waals surface area contributed by atoms with Gasteiger partial charge in [0.05, 0.1) is 23.7 Å². The summed E-state index contributed by atoms with van der Waals surface area (Å²) in [7, 11) is 0. The van der Waals surface area contributed by atoms with Gasteiger partial charge in [-0.2, -0.15) is 23.4 Å². The van der Waals surface area contributed by atoms with E-state index in [1.54, 1.807) is 24.3 Å². The van der Waals surface area contributed by atoms with Crippen molar-refractivity contribution >= 4 is 22.9 Å². The number of amides is 1. The van der Waals surface area contributed by atoms with Crippen LogP contribution in [-0.4, -0.2) is 21.9 Å². The van der Waals surface area contributed by atoms with Crippen molar-refractivity contribution in [3.63, 3.8) is 0 Å². The van der Waals surface area contributed by atoms with Crippen molar-refractivity contribution in [2.45, 2.75) is 12.7 Å². The van der Waals surface area contributed by atoms with Crippen LogP contribution >= 0.6 is 0 Å². The van der Waals surface area contributed by atoms with Crippen molar-refractivity contribution < 1.29 is 18.0 Å². The summed E-state index contributed by atoms with van der Waals surface area (Å²) < 4.78 is 39.8. The van der Waals surface area contributed by atoms with Crippen LogP contribution < -0.4 is 11.0 Å². The second kappa shape index (κ2) is 9.07. The molecule has 0 unspecified atom stereocenters. The molecule has 1 aromatic heterocycles. The molecule has 0 aliphatic rings. The molecule has 9 heteroatoms. The number of benzene rings is 3. The maximum Gasteiger partial charge on any atom is 0.416 e. The molecule has 1 amide bonds. The summed E-state index contributed by atoms with van der Waals surface area (Å²) in [6.45, 7) is 0.165. The quantitative estimate of drug-likeness (QED) is 0.365. The summed E-state index contributed by atoms with van der Waals surface area (Å²) in [5, 5.41) is 8.66. The first-order valence-electron chi connectivity index (χ1n) is 9.87. The molecule has 0 bridgehead atoms. The summed E-state index contributed by atoms with van der Waals surface area (Å²) in [5.74, 6) is -0.698. The highest BCUT2D eigenvalue weighted by Gasteiger charge is 2.30. The Bertz CT molecular complexity index is 1400. The van der Waals surface area contributed by atoms with Gasteiger partial charge in [-0.15, -0.1) is 0 Å². The maximum atomic E-state index is 12.9. The number of rotatable bonds is 5. The van der Waals surface area contributed by atoms with Crippen molar-refractivity contribution in [2.24, 2.45) is 5.10 Å². The zero-order valence-corrected chi connectivity index (χ0v) is 17.1. The van der Waals surface area contributed by atoms with Gasteiger partial charge < -0.3 is 0 Å². The standard InChI is InChI=1S/C24H17F3N4O2/c25-24(26,27)18-10-6-9-17(13-18)14-28-29-22(32)21-19-11-4-5-12-20(19)23(33)31(30-21)15-16-7-2-1-3-8-16/h1-14H,15H2,(H,29,32). The first kappa shape index (κ1) is 21.9. The monoisotopic (exact) mass is 450 g/mol. The van der Waals surface area contributed by atoms with Crippen molar-refractivity contribution in [1.29, 1.82) is 0 Å². The van der Waals surface area contributed by atoms with Crippen LogP contribution in [-0.2, 0) is 12.7 Å². The average molecular weight is 450 g/mol. The number of hydrazone groups is 1. The molecule has 0 saturated heterocycles. The Kier molecular flexibility index (Phi) is 6.03. The minimum atomic E-state index is -4.48. The van der Waals surface area contributed by atoms with Crippen molar-refractivity contribution in [3.05, 3.63) is 112 Å². The van der Waals surface area contributed by atoms with Crippen LogP contribution in [0.1, 0.15) is 27.2 Å². The summed E-state index contributed by atoms with van der Waals surface area (Å²) in [6.07, 6.45) is -3.38.